The van der Waals surface area contributed by atoms with Crippen LogP contribution in [0.5, 0.6) is 0 Å². The van der Waals surface area contributed by atoms with Crippen molar-refractivity contribution in [2.75, 3.05) is 10.6 Å². The van der Waals surface area contributed by atoms with Gasteiger partial charge in [-0.1, -0.05) is 13.8 Å². The van der Waals surface area contributed by atoms with E-state index < -0.39 is 10.0 Å². The molecule has 2 unspecified atom stereocenters. The van der Waals surface area contributed by atoms with Gasteiger partial charge in [-0.3, -0.25) is 9.10 Å². The minimum absolute atomic E-state index is 0.0900. The fourth-order valence-electron chi connectivity index (χ4n) is 2.71. The molecule has 122 valence electrons. The van der Waals surface area contributed by atoms with E-state index in [4.69, 9.17) is 0 Å². The van der Waals surface area contributed by atoms with Gasteiger partial charge >= 0.3 is 0 Å². The zero-order valence-corrected chi connectivity index (χ0v) is 14.6. The molecular weight excluding hydrogens is 300 g/mol. The zero-order chi connectivity index (χ0) is 16.7. The fraction of sp³-hybridized carbons (Fsp3) is 0.562. The van der Waals surface area contributed by atoms with E-state index in [1.807, 2.05) is 13.8 Å². The highest BCUT2D eigenvalue weighted by Crippen LogP contribution is 2.34. The van der Waals surface area contributed by atoms with Crippen molar-refractivity contribution in [1.29, 1.82) is 0 Å². The van der Waals surface area contributed by atoms with Gasteiger partial charge < -0.3 is 5.32 Å². The van der Waals surface area contributed by atoms with Gasteiger partial charge in [0.1, 0.15) is 0 Å². The number of hydrogen-bond acceptors (Lipinski definition) is 3. The van der Waals surface area contributed by atoms with Gasteiger partial charge in [-0.25, -0.2) is 8.42 Å². The molecule has 0 aliphatic carbocycles. The number of nitrogens with one attached hydrogen (secondary N) is 1. The van der Waals surface area contributed by atoms with Gasteiger partial charge in [0.05, 0.1) is 11.9 Å². The summed E-state index contributed by atoms with van der Waals surface area (Å²) in [5, 5.41) is 2.97. The molecule has 0 fully saturated rings. The van der Waals surface area contributed by atoms with Crippen molar-refractivity contribution < 1.29 is 13.2 Å². The Hall–Kier alpha value is -1.56. The average molecular weight is 324 g/mol. The third-order valence-corrected chi connectivity index (χ3v) is 5.48. The number of anilines is 1. The summed E-state index contributed by atoms with van der Waals surface area (Å²) in [6.07, 6.45) is 1.84. The molecule has 0 bridgehead atoms. The maximum atomic E-state index is 12.3. The topological polar surface area (TPSA) is 66.5 Å². The van der Waals surface area contributed by atoms with E-state index in [-0.39, 0.29) is 18.0 Å². The van der Waals surface area contributed by atoms with E-state index in [2.05, 4.69) is 19.2 Å². The van der Waals surface area contributed by atoms with Gasteiger partial charge in [0, 0.05) is 17.6 Å². The molecular formula is C16H24N2O3S. The largest absolute Gasteiger partial charge is 0.349 e. The van der Waals surface area contributed by atoms with Gasteiger partial charge in [0.2, 0.25) is 10.0 Å². The van der Waals surface area contributed by atoms with Crippen molar-refractivity contribution in [2.45, 2.75) is 46.2 Å². The second-order valence-corrected chi connectivity index (χ2v) is 8.32. The Bertz CT molecular complexity index is 683. The Morgan fingerprint density at radius 2 is 1.95 bits per heavy atom. The van der Waals surface area contributed by atoms with E-state index in [0.717, 1.165) is 5.56 Å². The molecule has 1 aliphatic rings. The molecule has 1 aromatic carbocycles. The lowest BCUT2D eigenvalue weighted by Crippen LogP contribution is -2.36. The van der Waals surface area contributed by atoms with Gasteiger partial charge in [0.15, 0.2) is 0 Å². The number of amides is 1. The summed E-state index contributed by atoms with van der Waals surface area (Å²) in [6, 6.07) is 5.20. The summed E-state index contributed by atoms with van der Waals surface area (Å²) in [5.41, 5.74) is 2.17. The molecule has 0 spiro atoms. The number of fused-ring (bicyclic) bond motifs is 1. The quantitative estimate of drug-likeness (QED) is 0.923. The normalized spacial score (nSPS) is 19.2. The van der Waals surface area contributed by atoms with Crippen LogP contribution in [0.2, 0.25) is 0 Å². The predicted molar refractivity (Wildman–Crippen MR) is 88.7 cm³/mol. The highest BCUT2D eigenvalue weighted by Gasteiger charge is 2.32. The first kappa shape index (κ1) is 16.8. The molecule has 1 aromatic rings. The molecule has 0 saturated heterocycles. The first-order chi connectivity index (χ1) is 10.1. The Kier molecular flexibility index (Phi) is 4.52. The summed E-state index contributed by atoms with van der Waals surface area (Å²) in [7, 11) is -3.30. The molecule has 0 saturated carbocycles. The molecule has 2 atom stereocenters. The van der Waals surface area contributed by atoms with E-state index in [0.29, 0.717) is 23.6 Å². The smallest absolute Gasteiger partial charge is 0.251 e. The van der Waals surface area contributed by atoms with Crippen LogP contribution in [-0.4, -0.2) is 32.7 Å². The van der Waals surface area contributed by atoms with Crippen molar-refractivity contribution in [2.24, 2.45) is 5.92 Å². The van der Waals surface area contributed by atoms with Gasteiger partial charge in [0.25, 0.3) is 5.91 Å². The molecule has 5 nitrogen and oxygen atoms in total. The highest BCUT2D eigenvalue weighted by molar-refractivity contribution is 7.92. The third-order valence-electron chi connectivity index (χ3n) is 4.21. The van der Waals surface area contributed by atoms with Gasteiger partial charge in [-0.2, -0.15) is 0 Å². The SMILES string of the molecule is CC(C)C(C)NC(=O)c1ccc2c(c1)CC(C)N2S(C)(=O)=O. The van der Waals surface area contributed by atoms with Crippen LogP contribution in [0.4, 0.5) is 5.69 Å². The lowest BCUT2D eigenvalue weighted by Gasteiger charge is -2.22. The van der Waals surface area contributed by atoms with Crippen molar-refractivity contribution in [3.8, 4) is 0 Å². The number of sulfonamides is 1. The number of rotatable bonds is 4. The van der Waals surface area contributed by atoms with E-state index in [1.165, 1.54) is 10.6 Å². The Labute approximate surface area is 132 Å². The average Bonchev–Trinajstić information content (AvgIpc) is 2.72. The molecule has 1 heterocycles. The van der Waals surface area contributed by atoms with Gasteiger partial charge in [-0.15, -0.1) is 0 Å². The number of benzene rings is 1. The van der Waals surface area contributed by atoms with Crippen molar-refractivity contribution in [3.63, 3.8) is 0 Å². The lowest BCUT2D eigenvalue weighted by atomic mass is 10.0. The van der Waals surface area contributed by atoms with E-state index >= 15 is 0 Å². The standard InChI is InChI=1S/C16H24N2O3S/c1-10(2)12(4)17-16(19)13-6-7-15-14(9-13)8-11(3)18(15)22(5,20)21/h6-7,9-12H,8H2,1-5H3,(H,17,19). The number of nitrogens with zero attached hydrogens (tertiary/aromatic N) is 1. The highest BCUT2D eigenvalue weighted by atomic mass is 32.2. The summed E-state index contributed by atoms with van der Waals surface area (Å²) < 4.78 is 25.2. The minimum Gasteiger partial charge on any atom is -0.349 e. The Morgan fingerprint density at radius 3 is 2.50 bits per heavy atom. The summed E-state index contributed by atoms with van der Waals surface area (Å²) >= 11 is 0. The van der Waals surface area contributed by atoms with E-state index in [1.54, 1.807) is 18.2 Å². The van der Waals surface area contributed by atoms with Crippen molar-refractivity contribution in [3.05, 3.63) is 29.3 Å². The van der Waals surface area contributed by atoms with Crippen molar-refractivity contribution >= 4 is 21.6 Å². The Morgan fingerprint density at radius 1 is 1.32 bits per heavy atom. The van der Waals surface area contributed by atoms with Gasteiger partial charge in [-0.05, 0) is 49.9 Å². The molecule has 0 radical (unpaired) electrons. The van der Waals surface area contributed by atoms with Crippen LogP contribution in [0.25, 0.3) is 0 Å². The van der Waals surface area contributed by atoms with Crippen LogP contribution in [-0.2, 0) is 16.4 Å². The Balaban J connectivity index is 2.28. The minimum atomic E-state index is -3.30. The number of carbonyl (C=O) groups excluding carboxylic acids is 1. The van der Waals surface area contributed by atoms with Crippen molar-refractivity contribution in [1.82, 2.24) is 5.32 Å². The molecule has 0 aromatic heterocycles. The maximum absolute atomic E-state index is 12.3. The third kappa shape index (κ3) is 3.27. The molecule has 1 amide bonds. The number of hydrogen-bond donors (Lipinski definition) is 1. The van der Waals surface area contributed by atoms with Crippen LogP contribution < -0.4 is 9.62 Å². The van der Waals surface area contributed by atoms with Crippen LogP contribution in [0.1, 0.15) is 43.6 Å². The predicted octanol–water partition coefficient (Wildman–Crippen LogP) is 2.17. The molecule has 6 heteroatoms. The monoisotopic (exact) mass is 324 g/mol. The van der Waals surface area contributed by atoms with Crippen LogP contribution in [0.3, 0.4) is 0 Å². The summed E-state index contributed by atoms with van der Waals surface area (Å²) in [5.74, 6) is 0.244. The second-order valence-electron chi connectivity index (χ2n) is 6.46. The maximum Gasteiger partial charge on any atom is 0.251 e. The summed E-state index contributed by atoms with van der Waals surface area (Å²) in [4.78, 5) is 12.3. The lowest BCUT2D eigenvalue weighted by molar-refractivity contribution is 0.0930. The first-order valence-corrected chi connectivity index (χ1v) is 9.39. The molecule has 1 aliphatic heterocycles. The van der Waals surface area contributed by atoms with Crippen LogP contribution >= 0.6 is 0 Å². The molecule has 2 rings (SSSR count). The summed E-state index contributed by atoms with van der Waals surface area (Å²) in [6.45, 7) is 7.96. The fourth-order valence-corrected chi connectivity index (χ4v) is 3.97. The van der Waals surface area contributed by atoms with Crippen LogP contribution in [0.15, 0.2) is 18.2 Å². The zero-order valence-electron chi connectivity index (χ0n) is 13.8. The second kappa shape index (κ2) is 5.91. The van der Waals surface area contributed by atoms with Crippen LogP contribution in [0, 0.1) is 5.92 Å². The first-order valence-electron chi connectivity index (χ1n) is 7.54. The number of carbonyl (C=O) groups is 1. The molecule has 1 N–H and O–H groups in total. The van der Waals surface area contributed by atoms with E-state index in [9.17, 15) is 13.2 Å². The molecule has 22 heavy (non-hydrogen) atoms.